The average molecular weight is 295 g/mol. The van der Waals surface area contributed by atoms with Crippen LogP contribution in [-0.2, 0) is 13.0 Å². The largest absolute Gasteiger partial charge is 0.310 e. The van der Waals surface area contributed by atoms with Crippen molar-refractivity contribution in [2.75, 3.05) is 19.6 Å². The number of hydrogen-bond acceptors (Lipinski definition) is 3. The summed E-state index contributed by atoms with van der Waals surface area (Å²) < 4.78 is 0. The van der Waals surface area contributed by atoms with Crippen molar-refractivity contribution in [3.05, 3.63) is 66.0 Å². The van der Waals surface area contributed by atoms with Crippen molar-refractivity contribution >= 4 is 0 Å². The van der Waals surface area contributed by atoms with Gasteiger partial charge in [0.1, 0.15) is 0 Å². The lowest BCUT2D eigenvalue weighted by Crippen LogP contribution is -2.42. The van der Waals surface area contributed by atoms with E-state index >= 15 is 0 Å². The molecule has 1 N–H and O–H groups in total. The van der Waals surface area contributed by atoms with Gasteiger partial charge in [0.25, 0.3) is 0 Å². The highest BCUT2D eigenvalue weighted by atomic mass is 15.1. The summed E-state index contributed by atoms with van der Waals surface area (Å²) >= 11 is 0. The second-order valence-electron chi connectivity index (χ2n) is 6.09. The predicted octanol–water partition coefficient (Wildman–Crippen LogP) is 2.88. The molecule has 0 atom stereocenters. The van der Waals surface area contributed by atoms with Crippen molar-refractivity contribution in [3.8, 4) is 0 Å². The van der Waals surface area contributed by atoms with Gasteiger partial charge in [-0.1, -0.05) is 30.3 Å². The maximum atomic E-state index is 4.07. The fraction of sp³-hybridized carbons (Fsp3) is 0.421. The topological polar surface area (TPSA) is 28.2 Å². The second-order valence-corrected chi connectivity index (χ2v) is 6.09. The average Bonchev–Trinajstić information content (AvgIpc) is 2.61. The zero-order valence-electron chi connectivity index (χ0n) is 13.1. The molecule has 0 unspecified atom stereocenters. The van der Waals surface area contributed by atoms with Gasteiger partial charge in [-0.25, -0.2) is 0 Å². The fourth-order valence-corrected chi connectivity index (χ4v) is 3.06. The van der Waals surface area contributed by atoms with E-state index in [9.17, 15) is 0 Å². The van der Waals surface area contributed by atoms with Crippen molar-refractivity contribution in [3.63, 3.8) is 0 Å². The molecule has 1 aliphatic rings. The molecular weight excluding hydrogens is 270 g/mol. The predicted molar refractivity (Wildman–Crippen MR) is 90.7 cm³/mol. The molecule has 3 nitrogen and oxygen atoms in total. The lowest BCUT2D eigenvalue weighted by atomic mass is 10.0. The van der Waals surface area contributed by atoms with Crippen LogP contribution in [0.25, 0.3) is 0 Å². The second kappa shape index (κ2) is 8.06. The summed E-state index contributed by atoms with van der Waals surface area (Å²) in [6.45, 7) is 4.56. The first-order chi connectivity index (χ1) is 10.9. The van der Waals surface area contributed by atoms with Gasteiger partial charge < -0.3 is 10.2 Å². The van der Waals surface area contributed by atoms with Gasteiger partial charge in [0.15, 0.2) is 0 Å². The lowest BCUT2D eigenvalue weighted by Gasteiger charge is -2.32. The molecule has 1 aliphatic heterocycles. The minimum atomic E-state index is 0.664. The Bertz CT molecular complexity index is 482. The van der Waals surface area contributed by atoms with Crippen LogP contribution in [0.15, 0.2) is 54.9 Å². The Morgan fingerprint density at radius 2 is 1.68 bits per heavy atom. The third-order valence-electron chi connectivity index (χ3n) is 4.49. The monoisotopic (exact) mass is 295 g/mol. The number of nitrogens with one attached hydrogen (secondary N) is 1. The fourth-order valence-electron chi connectivity index (χ4n) is 3.06. The Labute approximate surface area is 133 Å². The maximum absolute atomic E-state index is 4.07. The van der Waals surface area contributed by atoms with Crippen molar-refractivity contribution in [1.29, 1.82) is 0 Å². The van der Waals surface area contributed by atoms with Crippen molar-refractivity contribution in [2.45, 2.75) is 31.8 Å². The number of nitrogens with zero attached hydrogens (tertiary/aromatic N) is 2. The van der Waals surface area contributed by atoms with Gasteiger partial charge >= 0.3 is 0 Å². The quantitative estimate of drug-likeness (QED) is 0.888. The molecule has 22 heavy (non-hydrogen) atoms. The number of benzene rings is 1. The smallest absolute Gasteiger partial charge is 0.0270 e. The van der Waals surface area contributed by atoms with E-state index < -0.39 is 0 Å². The van der Waals surface area contributed by atoms with E-state index in [1.54, 1.807) is 0 Å². The van der Waals surface area contributed by atoms with Gasteiger partial charge in [-0.05, 0) is 55.6 Å². The zero-order valence-corrected chi connectivity index (χ0v) is 13.1. The molecule has 0 radical (unpaired) electrons. The van der Waals surface area contributed by atoms with Crippen LogP contribution < -0.4 is 5.32 Å². The summed E-state index contributed by atoms with van der Waals surface area (Å²) in [5.41, 5.74) is 2.77. The molecule has 2 heterocycles. The van der Waals surface area contributed by atoms with Gasteiger partial charge in [-0.15, -0.1) is 0 Å². The third kappa shape index (κ3) is 4.65. The highest BCUT2D eigenvalue weighted by Gasteiger charge is 2.18. The molecule has 3 rings (SSSR count). The van der Waals surface area contributed by atoms with E-state index in [0.717, 1.165) is 19.5 Å². The molecule has 1 fully saturated rings. The van der Waals surface area contributed by atoms with Crippen LogP contribution in [0.3, 0.4) is 0 Å². The van der Waals surface area contributed by atoms with Gasteiger partial charge in [0, 0.05) is 31.5 Å². The Morgan fingerprint density at radius 3 is 2.41 bits per heavy atom. The minimum Gasteiger partial charge on any atom is -0.310 e. The molecular formula is C19H25N3. The van der Waals surface area contributed by atoms with Gasteiger partial charge in [-0.2, -0.15) is 0 Å². The zero-order chi connectivity index (χ0) is 15.0. The molecule has 0 saturated carbocycles. The molecule has 1 aromatic carbocycles. The molecule has 0 aliphatic carbocycles. The SMILES string of the molecule is c1ccc(CNC2CCN(CCc3ccncc3)CC2)cc1. The van der Waals surface area contributed by atoms with Crippen LogP contribution in [0.4, 0.5) is 0 Å². The lowest BCUT2D eigenvalue weighted by molar-refractivity contribution is 0.199. The summed E-state index contributed by atoms with van der Waals surface area (Å²) in [7, 11) is 0. The number of aromatic nitrogens is 1. The molecule has 0 spiro atoms. The highest BCUT2D eigenvalue weighted by Crippen LogP contribution is 2.12. The summed E-state index contributed by atoms with van der Waals surface area (Å²) in [6.07, 6.45) is 7.40. The first-order valence-electron chi connectivity index (χ1n) is 8.29. The van der Waals surface area contributed by atoms with Gasteiger partial charge in [0.2, 0.25) is 0 Å². The van der Waals surface area contributed by atoms with Crippen molar-refractivity contribution < 1.29 is 0 Å². The van der Waals surface area contributed by atoms with Gasteiger partial charge in [0.05, 0.1) is 0 Å². The van der Waals surface area contributed by atoms with E-state index in [4.69, 9.17) is 0 Å². The minimum absolute atomic E-state index is 0.664. The van der Waals surface area contributed by atoms with Crippen LogP contribution in [0.2, 0.25) is 0 Å². The molecule has 1 saturated heterocycles. The van der Waals surface area contributed by atoms with Crippen molar-refractivity contribution in [2.24, 2.45) is 0 Å². The maximum Gasteiger partial charge on any atom is 0.0270 e. The van der Waals surface area contributed by atoms with E-state index in [0.29, 0.717) is 6.04 Å². The standard InChI is InChI=1S/C19H25N3/c1-2-4-18(5-3-1)16-21-19-9-14-22(15-10-19)13-8-17-6-11-20-12-7-17/h1-7,11-12,19,21H,8-10,13-16H2. The van der Waals surface area contributed by atoms with Crippen LogP contribution in [0, 0.1) is 0 Å². The Morgan fingerprint density at radius 1 is 0.955 bits per heavy atom. The van der Waals surface area contributed by atoms with Gasteiger partial charge in [-0.3, -0.25) is 4.98 Å². The number of rotatable bonds is 6. The molecule has 0 bridgehead atoms. The summed E-state index contributed by atoms with van der Waals surface area (Å²) in [5, 5.41) is 3.70. The van der Waals surface area contributed by atoms with Crippen LogP contribution in [0.5, 0.6) is 0 Å². The van der Waals surface area contributed by atoms with Crippen LogP contribution >= 0.6 is 0 Å². The number of hydrogen-bond donors (Lipinski definition) is 1. The Kier molecular flexibility index (Phi) is 5.57. The van der Waals surface area contributed by atoms with E-state index in [2.05, 4.69) is 57.7 Å². The van der Waals surface area contributed by atoms with Crippen LogP contribution in [0.1, 0.15) is 24.0 Å². The third-order valence-corrected chi connectivity index (χ3v) is 4.49. The van der Waals surface area contributed by atoms with Crippen molar-refractivity contribution in [1.82, 2.24) is 15.2 Å². The summed E-state index contributed by atoms with van der Waals surface area (Å²) in [6, 6.07) is 15.6. The number of pyridine rings is 1. The molecule has 2 aromatic rings. The van der Waals surface area contributed by atoms with E-state index in [1.165, 1.54) is 37.1 Å². The number of likely N-dealkylation sites (tertiary alicyclic amines) is 1. The normalized spacial score (nSPS) is 16.7. The Balaban J connectivity index is 1.35. The Hall–Kier alpha value is -1.71. The summed E-state index contributed by atoms with van der Waals surface area (Å²) in [5.74, 6) is 0. The first kappa shape index (κ1) is 15.2. The van der Waals surface area contributed by atoms with E-state index in [1.807, 2.05) is 12.4 Å². The molecule has 3 heteroatoms. The van der Waals surface area contributed by atoms with E-state index in [-0.39, 0.29) is 0 Å². The molecule has 116 valence electrons. The highest BCUT2D eigenvalue weighted by molar-refractivity contribution is 5.14. The number of piperidine rings is 1. The molecule has 1 aromatic heterocycles. The summed E-state index contributed by atoms with van der Waals surface area (Å²) in [4.78, 5) is 6.66. The van der Waals surface area contributed by atoms with Crippen LogP contribution in [-0.4, -0.2) is 35.6 Å². The molecule has 0 amide bonds. The first-order valence-corrected chi connectivity index (χ1v) is 8.29.